The van der Waals surface area contributed by atoms with Crippen LogP contribution >= 0.6 is 0 Å². The van der Waals surface area contributed by atoms with Crippen LogP contribution in [0.2, 0.25) is 0 Å². The molecule has 1 aliphatic rings. The van der Waals surface area contributed by atoms with Crippen molar-refractivity contribution in [2.24, 2.45) is 0 Å². The highest BCUT2D eigenvalue weighted by Crippen LogP contribution is 2.29. The second kappa shape index (κ2) is 9.73. The quantitative estimate of drug-likeness (QED) is 0.543. The van der Waals surface area contributed by atoms with Crippen LogP contribution in [0.4, 0.5) is 11.5 Å². The first-order valence-corrected chi connectivity index (χ1v) is 10.9. The number of nitrogens with zero attached hydrogens (tertiary/aromatic N) is 2. The molecule has 6 heteroatoms. The van der Waals surface area contributed by atoms with Crippen LogP contribution in [0, 0.1) is 6.92 Å². The first kappa shape index (κ1) is 21.7. The minimum absolute atomic E-state index is 0.199. The standard InChI is InChI=1S/C26H29N3O3/c1-18-15-25(29-13-5-4-6-14-29)28-22-10-9-20(17-21(18)22)27-26(30)12-8-19-7-11-23(31-2)24(16-19)32-3/h7-12,15-17H,4-6,13-14H2,1-3H3,(H,27,30)/b12-8+. The normalized spacial score (nSPS) is 14.0. The summed E-state index contributed by atoms with van der Waals surface area (Å²) in [5, 5.41) is 3.99. The maximum Gasteiger partial charge on any atom is 0.248 e. The average Bonchev–Trinajstić information content (AvgIpc) is 2.83. The molecule has 0 saturated carbocycles. The molecule has 2 heterocycles. The van der Waals surface area contributed by atoms with Gasteiger partial charge >= 0.3 is 0 Å². The van der Waals surface area contributed by atoms with Gasteiger partial charge < -0.3 is 19.7 Å². The number of aryl methyl sites for hydroxylation is 1. The minimum Gasteiger partial charge on any atom is -0.493 e. The highest BCUT2D eigenvalue weighted by Gasteiger charge is 2.14. The lowest BCUT2D eigenvalue weighted by Crippen LogP contribution is -2.30. The molecule has 32 heavy (non-hydrogen) atoms. The fourth-order valence-corrected chi connectivity index (χ4v) is 4.05. The van der Waals surface area contributed by atoms with Gasteiger partial charge in [0.25, 0.3) is 0 Å². The molecule has 0 aliphatic carbocycles. The summed E-state index contributed by atoms with van der Waals surface area (Å²) in [5.41, 5.74) is 3.70. The molecular weight excluding hydrogens is 402 g/mol. The number of fused-ring (bicyclic) bond motifs is 1. The Balaban J connectivity index is 1.48. The molecule has 0 spiro atoms. The zero-order chi connectivity index (χ0) is 22.5. The maximum atomic E-state index is 12.5. The van der Waals surface area contributed by atoms with Crippen LogP contribution in [0.15, 0.2) is 48.5 Å². The molecule has 4 rings (SSSR count). The van der Waals surface area contributed by atoms with Crippen LogP contribution in [0.1, 0.15) is 30.4 Å². The SMILES string of the molecule is COc1ccc(/C=C/C(=O)Nc2ccc3nc(N4CCCCC4)cc(C)c3c2)cc1OC. The summed E-state index contributed by atoms with van der Waals surface area (Å²) in [6.07, 6.45) is 7.00. The van der Waals surface area contributed by atoms with Gasteiger partial charge in [0.05, 0.1) is 19.7 Å². The van der Waals surface area contributed by atoms with E-state index < -0.39 is 0 Å². The van der Waals surface area contributed by atoms with Crippen molar-refractivity contribution in [3.05, 3.63) is 59.7 Å². The molecule has 1 amide bonds. The average molecular weight is 432 g/mol. The van der Waals surface area contributed by atoms with E-state index in [1.54, 1.807) is 20.3 Å². The summed E-state index contributed by atoms with van der Waals surface area (Å²) in [4.78, 5) is 19.7. The van der Waals surface area contributed by atoms with Gasteiger partial charge in [0.2, 0.25) is 5.91 Å². The second-order valence-corrected chi connectivity index (χ2v) is 8.01. The third-order valence-electron chi connectivity index (χ3n) is 5.78. The molecule has 0 unspecified atom stereocenters. The number of piperidine rings is 1. The maximum absolute atomic E-state index is 12.5. The molecular formula is C26H29N3O3. The molecule has 1 fully saturated rings. The lowest BCUT2D eigenvalue weighted by molar-refractivity contribution is -0.111. The van der Waals surface area contributed by atoms with Crippen molar-refractivity contribution < 1.29 is 14.3 Å². The Bertz CT molecular complexity index is 1150. The number of carbonyl (C=O) groups excluding carboxylic acids is 1. The predicted molar refractivity (Wildman–Crippen MR) is 130 cm³/mol. The van der Waals surface area contributed by atoms with Crippen LogP contribution in [-0.2, 0) is 4.79 Å². The molecule has 0 bridgehead atoms. The fourth-order valence-electron chi connectivity index (χ4n) is 4.05. The zero-order valence-electron chi connectivity index (χ0n) is 18.9. The number of rotatable bonds is 6. The van der Waals surface area contributed by atoms with E-state index in [4.69, 9.17) is 14.5 Å². The Morgan fingerprint density at radius 1 is 1.00 bits per heavy atom. The van der Waals surface area contributed by atoms with E-state index in [9.17, 15) is 4.79 Å². The van der Waals surface area contributed by atoms with Crippen LogP contribution in [0.3, 0.4) is 0 Å². The topological polar surface area (TPSA) is 63.7 Å². The van der Waals surface area contributed by atoms with Crippen molar-refractivity contribution in [3.8, 4) is 11.5 Å². The summed E-state index contributed by atoms with van der Waals surface area (Å²) in [7, 11) is 3.18. The van der Waals surface area contributed by atoms with Crippen LogP contribution < -0.4 is 19.7 Å². The van der Waals surface area contributed by atoms with E-state index in [2.05, 4.69) is 23.2 Å². The number of hydrogen-bond donors (Lipinski definition) is 1. The van der Waals surface area contributed by atoms with Crippen molar-refractivity contribution in [3.63, 3.8) is 0 Å². The second-order valence-electron chi connectivity index (χ2n) is 8.01. The third kappa shape index (κ3) is 4.85. The number of aromatic nitrogens is 1. The van der Waals surface area contributed by atoms with Crippen molar-refractivity contribution in [1.82, 2.24) is 4.98 Å². The third-order valence-corrected chi connectivity index (χ3v) is 5.78. The fraction of sp³-hybridized carbons (Fsp3) is 0.308. The van der Waals surface area contributed by atoms with Crippen molar-refractivity contribution in [2.75, 3.05) is 37.5 Å². The van der Waals surface area contributed by atoms with E-state index in [1.807, 2.05) is 36.4 Å². The van der Waals surface area contributed by atoms with Gasteiger partial charge in [-0.3, -0.25) is 4.79 Å². The lowest BCUT2D eigenvalue weighted by Gasteiger charge is -2.28. The number of amides is 1. The molecule has 1 aromatic heterocycles. The van der Waals surface area contributed by atoms with Gasteiger partial charge in [-0.15, -0.1) is 0 Å². The van der Waals surface area contributed by atoms with Crippen LogP contribution in [-0.4, -0.2) is 38.2 Å². The molecule has 0 atom stereocenters. The summed E-state index contributed by atoms with van der Waals surface area (Å²) in [6.45, 7) is 4.23. The lowest BCUT2D eigenvalue weighted by atomic mass is 10.1. The number of methoxy groups -OCH3 is 2. The number of hydrogen-bond acceptors (Lipinski definition) is 5. The van der Waals surface area contributed by atoms with Crippen LogP contribution in [0.25, 0.3) is 17.0 Å². The molecule has 1 saturated heterocycles. The van der Waals surface area contributed by atoms with Crippen molar-refractivity contribution in [2.45, 2.75) is 26.2 Å². The molecule has 3 aromatic rings. The Labute approximate surface area is 188 Å². The summed E-state index contributed by atoms with van der Waals surface area (Å²) < 4.78 is 10.6. The van der Waals surface area contributed by atoms with Gasteiger partial charge in [-0.1, -0.05) is 6.07 Å². The van der Waals surface area contributed by atoms with Gasteiger partial charge in [0, 0.05) is 30.2 Å². The molecule has 166 valence electrons. The minimum atomic E-state index is -0.199. The Hall–Kier alpha value is -3.54. The smallest absolute Gasteiger partial charge is 0.248 e. The van der Waals surface area contributed by atoms with E-state index in [-0.39, 0.29) is 5.91 Å². The molecule has 2 aromatic carbocycles. The summed E-state index contributed by atoms with van der Waals surface area (Å²) >= 11 is 0. The van der Waals surface area contributed by atoms with Gasteiger partial charge in [0.1, 0.15) is 5.82 Å². The summed E-state index contributed by atoms with van der Waals surface area (Å²) in [6, 6.07) is 13.5. The van der Waals surface area contributed by atoms with Gasteiger partial charge in [0.15, 0.2) is 11.5 Å². The number of nitrogens with one attached hydrogen (secondary N) is 1. The number of pyridine rings is 1. The van der Waals surface area contributed by atoms with Gasteiger partial charge in [-0.05, 0) is 79.8 Å². The van der Waals surface area contributed by atoms with E-state index in [1.165, 1.54) is 25.3 Å². The van der Waals surface area contributed by atoms with Crippen molar-refractivity contribution >= 4 is 34.4 Å². The number of ether oxygens (including phenoxy) is 2. The predicted octanol–water partition coefficient (Wildman–Crippen LogP) is 5.20. The highest BCUT2D eigenvalue weighted by atomic mass is 16.5. The Morgan fingerprint density at radius 3 is 2.53 bits per heavy atom. The van der Waals surface area contributed by atoms with E-state index in [0.717, 1.165) is 46.6 Å². The molecule has 0 radical (unpaired) electrons. The highest BCUT2D eigenvalue weighted by molar-refractivity contribution is 6.03. The van der Waals surface area contributed by atoms with E-state index >= 15 is 0 Å². The zero-order valence-corrected chi connectivity index (χ0v) is 18.9. The molecule has 6 nitrogen and oxygen atoms in total. The largest absolute Gasteiger partial charge is 0.493 e. The van der Waals surface area contributed by atoms with E-state index in [0.29, 0.717) is 11.5 Å². The van der Waals surface area contributed by atoms with Crippen LogP contribution in [0.5, 0.6) is 11.5 Å². The van der Waals surface area contributed by atoms with Gasteiger partial charge in [-0.2, -0.15) is 0 Å². The first-order valence-electron chi connectivity index (χ1n) is 10.9. The first-order chi connectivity index (χ1) is 15.6. The van der Waals surface area contributed by atoms with Crippen molar-refractivity contribution in [1.29, 1.82) is 0 Å². The summed E-state index contributed by atoms with van der Waals surface area (Å²) in [5.74, 6) is 2.12. The van der Waals surface area contributed by atoms with Gasteiger partial charge in [-0.25, -0.2) is 4.98 Å². The Kier molecular flexibility index (Phi) is 6.59. The number of benzene rings is 2. The number of carbonyl (C=O) groups is 1. The molecule has 1 aliphatic heterocycles. The monoisotopic (exact) mass is 431 g/mol. The Morgan fingerprint density at radius 2 is 1.78 bits per heavy atom. The molecule has 1 N–H and O–H groups in total. The number of anilines is 2.